The van der Waals surface area contributed by atoms with Crippen LogP contribution in [0, 0.1) is 0 Å². The Morgan fingerprint density at radius 2 is 1.79 bits per heavy atom. The number of hydrogen-bond acceptors (Lipinski definition) is 4. The van der Waals surface area contributed by atoms with Gasteiger partial charge in [-0.2, -0.15) is 0 Å². The molecule has 5 heteroatoms. The van der Waals surface area contributed by atoms with E-state index in [2.05, 4.69) is 29.0 Å². The molecular formula is C19H25N3O2. The first kappa shape index (κ1) is 17.8. The van der Waals surface area contributed by atoms with Crippen molar-refractivity contribution in [3.63, 3.8) is 0 Å². The van der Waals surface area contributed by atoms with Crippen LogP contribution in [-0.4, -0.2) is 30.6 Å². The van der Waals surface area contributed by atoms with E-state index in [-0.39, 0.29) is 12.5 Å². The van der Waals surface area contributed by atoms with E-state index >= 15 is 0 Å². The predicted molar refractivity (Wildman–Crippen MR) is 97.6 cm³/mol. The molecule has 1 heterocycles. The van der Waals surface area contributed by atoms with Gasteiger partial charge in [0.05, 0.1) is 11.9 Å². The highest BCUT2D eigenvalue weighted by molar-refractivity contribution is 5.91. The Bertz CT molecular complexity index is 608. The van der Waals surface area contributed by atoms with Crippen LogP contribution in [0.25, 0.3) is 0 Å². The number of carbonyl (C=O) groups excluding carboxylic acids is 1. The molecule has 1 aromatic heterocycles. The maximum atomic E-state index is 11.9. The summed E-state index contributed by atoms with van der Waals surface area (Å²) in [7, 11) is 0. The minimum absolute atomic E-state index is 0.0242. The second-order valence-corrected chi connectivity index (χ2v) is 5.54. The summed E-state index contributed by atoms with van der Waals surface area (Å²) in [4.78, 5) is 18.6. The van der Waals surface area contributed by atoms with E-state index in [1.807, 2.05) is 42.5 Å². The number of nitrogens with zero attached hydrogens (tertiary/aromatic N) is 2. The molecule has 0 aliphatic carbocycles. The molecule has 0 saturated heterocycles. The molecule has 1 N–H and O–H groups in total. The molecule has 2 rings (SSSR count). The number of ether oxygens (including phenoxy) is 1. The summed E-state index contributed by atoms with van der Waals surface area (Å²) in [6.07, 6.45) is 3.85. The number of nitrogens with one attached hydrogen (secondary N) is 1. The molecule has 0 unspecified atom stereocenters. The first-order valence-electron chi connectivity index (χ1n) is 8.41. The highest BCUT2D eigenvalue weighted by atomic mass is 16.5. The first-order valence-corrected chi connectivity index (χ1v) is 8.41. The Labute approximate surface area is 143 Å². The molecule has 0 bridgehead atoms. The van der Waals surface area contributed by atoms with Gasteiger partial charge < -0.3 is 15.0 Å². The summed E-state index contributed by atoms with van der Waals surface area (Å²) in [5, 5.41) is 2.80. The van der Waals surface area contributed by atoms with Crippen LogP contribution in [0.2, 0.25) is 0 Å². The number of aromatic nitrogens is 1. The summed E-state index contributed by atoms with van der Waals surface area (Å²) < 4.78 is 5.43. The number of rotatable bonds is 9. The average molecular weight is 327 g/mol. The van der Waals surface area contributed by atoms with Crippen molar-refractivity contribution >= 4 is 17.4 Å². The fourth-order valence-electron chi connectivity index (χ4n) is 2.39. The van der Waals surface area contributed by atoms with Crippen molar-refractivity contribution in [2.45, 2.75) is 26.7 Å². The van der Waals surface area contributed by atoms with Crippen LogP contribution in [0.1, 0.15) is 26.7 Å². The molecule has 0 radical (unpaired) electrons. The summed E-state index contributed by atoms with van der Waals surface area (Å²) in [6.45, 7) is 6.26. The van der Waals surface area contributed by atoms with Crippen LogP contribution in [0.15, 0.2) is 48.7 Å². The van der Waals surface area contributed by atoms with E-state index in [1.165, 1.54) is 0 Å². The van der Waals surface area contributed by atoms with Gasteiger partial charge in [0.15, 0.2) is 6.61 Å². The third kappa shape index (κ3) is 5.57. The van der Waals surface area contributed by atoms with Crippen LogP contribution in [-0.2, 0) is 4.79 Å². The van der Waals surface area contributed by atoms with Crippen molar-refractivity contribution in [3.05, 3.63) is 48.7 Å². The Hall–Kier alpha value is -2.56. The lowest BCUT2D eigenvalue weighted by atomic mass is 10.3. The predicted octanol–water partition coefficient (Wildman–Crippen LogP) is 3.73. The molecule has 2 aromatic rings. The van der Waals surface area contributed by atoms with Gasteiger partial charge in [-0.1, -0.05) is 32.0 Å². The van der Waals surface area contributed by atoms with Crippen LogP contribution >= 0.6 is 0 Å². The lowest BCUT2D eigenvalue weighted by Gasteiger charge is -2.22. The van der Waals surface area contributed by atoms with Crippen LogP contribution in [0.4, 0.5) is 11.5 Å². The second kappa shape index (κ2) is 9.55. The number of hydrogen-bond donors (Lipinski definition) is 1. The number of anilines is 2. The summed E-state index contributed by atoms with van der Waals surface area (Å²) in [5.74, 6) is 1.42. The van der Waals surface area contributed by atoms with Crippen molar-refractivity contribution < 1.29 is 9.53 Å². The van der Waals surface area contributed by atoms with Gasteiger partial charge in [-0.05, 0) is 37.1 Å². The van der Waals surface area contributed by atoms with Crippen molar-refractivity contribution in [2.24, 2.45) is 0 Å². The molecule has 0 aliphatic heterocycles. The van der Waals surface area contributed by atoms with Gasteiger partial charge in [-0.3, -0.25) is 4.79 Å². The number of pyridine rings is 1. The van der Waals surface area contributed by atoms with Gasteiger partial charge >= 0.3 is 0 Å². The Kier molecular flexibility index (Phi) is 7.08. The minimum Gasteiger partial charge on any atom is -0.484 e. The summed E-state index contributed by atoms with van der Waals surface area (Å²) in [5.41, 5.74) is 0.674. The Morgan fingerprint density at radius 1 is 1.08 bits per heavy atom. The molecular weight excluding hydrogens is 302 g/mol. The standard InChI is InChI=1S/C19H25N3O2/c1-3-12-22(13-4-2)18-11-10-16(14-20-18)21-19(23)15-24-17-8-6-5-7-9-17/h5-11,14H,3-4,12-13,15H2,1-2H3,(H,21,23). The first-order chi connectivity index (χ1) is 11.7. The number of carbonyl (C=O) groups is 1. The number of benzene rings is 1. The van der Waals surface area contributed by atoms with Gasteiger partial charge in [0.1, 0.15) is 11.6 Å². The van der Waals surface area contributed by atoms with Gasteiger partial charge in [-0.25, -0.2) is 4.98 Å². The van der Waals surface area contributed by atoms with Crippen molar-refractivity contribution in [3.8, 4) is 5.75 Å². The maximum absolute atomic E-state index is 11.9. The third-order valence-corrected chi connectivity index (χ3v) is 3.46. The third-order valence-electron chi connectivity index (χ3n) is 3.46. The molecule has 128 valence electrons. The maximum Gasteiger partial charge on any atom is 0.262 e. The molecule has 24 heavy (non-hydrogen) atoms. The largest absolute Gasteiger partial charge is 0.484 e. The van der Waals surface area contributed by atoms with E-state index in [4.69, 9.17) is 4.74 Å². The molecule has 0 saturated carbocycles. The van der Waals surface area contributed by atoms with E-state index in [0.717, 1.165) is 31.7 Å². The zero-order valence-electron chi connectivity index (χ0n) is 14.4. The van der Waals surface area contributed by atoms with E-state index in [0.29, 0.717) is 11.4 Å². The monoisotopic (exact) mass is 327 g/mol. The highest BCUT2D eigenvalue weighted by Gasteiger charge is 2.07. The van der Waals surface area contributed by atoms with Crippen molar-refractivity contribution in [2.75, 3.05) is 29.9 Å². The zero-order chi connectivity index (χ0) is 17.2. The van der Waals surface area contributed by atoms with E-state index < -0.39 is 0 Å². The van der Waals surface area contributed by atoms with Gasteiger partial charge in [0.25, 0.3) is 5.91 Å². The molecule has 5 nitrogen and oxygen atoms in total. The number of para-hydroxylation sites is 1. The summed E-state index contributed by atoms with van der Waals surface area (Å²) in [6, 6.07) is 13.1. The normalized spacial score (nSPS) is 10.2. The second-order valence-electron chi connectivity index (χ2n) is 5.54. The fraction of sp³-hybridized carbons (Fsp3) is 0.368. The zero-order valence-corrected chi connectivity index (χ0v) is 14.4. The fourth-order valence-corrected chi connectivity index (χ4v) is 2.39. The van der Waals surface area contributed by atoms with Gasteiger partial charge in [0, 0.05) is 13.1 Å². The van der Waals surface area contributed by atoms with Crippen molar-refractivity contribution in [1.29, 1.82) is 0 Å². The quantitative estimate of drug-likeness (QED) is 0.762. The van der Waals surface area contributed by atoms with Gasteiger partial charge in [-0.15, -0.1) is 0 Å². The Morgan fingerprint density at radius 3 is 2.38 bits per heavy atom. The van der Waals surface area contributed by atoms with Crippen LogP contribution < -0.4 is 15.0 Å². The van der Waals surface area contributed by atoms with Gasteiger partial charge in [0.2, 0.25) is 0 Å². The molecule has 0 aliphatic rings. The minimum atomic E-state index is -0.202. The van der Waals surface area contributed by atoms with E-state index in [9.17, 15) is 4.79 Å². The molecule has 1 aromatic carbocycles. The lowest BCUT2D eigenvalue weighted by molar-refractivity contribution is -0.118. The SMILES string of the molecule is CCCN(CCC)c1ccc(NC(=O)COc2ccccc2)cn1. The number of amides is 1. The molecule has 0 fully saturated rings. The average Bonchev–Trinajstić information content (AvgIpc) is 2.61. The lowest BCUT2D eigenvalue weighted by Crippen LogP contribution is -2.26. The molecule has 0 spiro atoms. The topological polar surface area (TPSA) is 54.5 Å². The van der Waals surface area contributed by atoms with Crippen molar-refractivity contribution in [1.82, 2.24) is 4.98 Å². The molecule has 1 amide bonds. The van der Waals surface area contributed by atoms with Crippen LogP contribution in [0.3, 0.4) is 0 Å². The smallest absolute Gasteiger partial charge is 0.262 e. The highest BCUT2D eigenvalue weighted by Crippen LogP contribution is 2.15. The van der Waals surface area contributed by atoms with Crippen LogP contribution in [0.5, 0.6) is 5.75 Å². The van der Waals surface area contributed by atoms with E-state index in [1.54, 1.807) is 6.20 Å². The summed E-state index contributed by atoms with van der Waals surface area (Å²) >= 11 is 0. The molecule has 0 atom stereocenters. The Balaban J connectivity index is 1.87.